The van der Waals surface area contributed by atoms with Crippen LogP contribution in [0.3, 0.4) is 0 Å². The standard InChI is InChI=1S/C14H19BrFNO2/c1-14(2,6-3-7-18)9-17-13(19)10-4-5-12(16)11(15)8-10/h4-5,8,18H,3,6-7,9H2,1-2H3,(H,17,19). The molecule has 5 heteroatoms. The van der Waals surface area contributed by atoms with Crippen molar-refractivity contribution in [1.82, 2.24) is 5.32 Å². The maximum atomic E-state index is 13.1. The molecule has 0 aliphatic carbocycles. The van der Waals surface area contributed by atoms with Crippen molar-refractivity contribution in [3.63, 3.8) is 0 Å². The zero-order chi connectivity index (χ0) is 14.5. The fraction of sp³-hybridized carbons (Fsp3) is 0.500. The highest BCUT2D eigenvalue weighted by Crippen LogP contribution is 2.21. The zero-order valence-corrected chi connectivity index (χ0v) is 12.8. The maximum absolute atomic E-state index is 13.1. The van der Waals surface area contributed by atoms with E-state index in [1.807, 2.05) is 13.8 Å². The van der Waals surface area contributed by atoms with Gasteiger partial charge in [-0.3, -0.25) is 4.79 Å². The Balaban J connectivity index is 2.57. The third-order valence-corrected chi connectivity index (χ3v) is 3.53. The van der Waals surface area contributed by atoms with Crippen LogP contribution in [0.4, 0.5) is 4.39 Å². The Morgan fingerprint density at radius 3 is 2.74 bits per heavy atom. The molecule has 0 spiro atoms. The number of rotatable bonds is 6. The lowest BCUT2D eigenvalue weighted by Crippen LogP contribution is -2.34. The van der Waals surface area contributed by atoms with Crippen LogP contribution < -0.4 is 5.32 Å². The summed E-state index contributed by atoms with van der Waals surface area (Å²) in [5, 5.41) is 11.6. The second kappa shape index (κ2) is 7.01. The predicted octanol–water partition coefficient (Wildman–Crippen LogP) is 3.12. The monoisotopic (exact) mass is 331 g/mol. The first-order chi connectivity index (χ1) is 8.85. The van der Waals surface area contributed by atoms with Gasteiger partial charge in [-0.2, -0.15) is 0 Å². The van der Waals surface area contributed by atoms with Gasteiger partial charge in [0.05, 0.1) is 4.47 Å². The van der Waals surface area contributed by atoms with E-state index in [9.17, 15) is 9.18 Å². The molecule has 0 aromatic heterocycles. The maximum Gasteiger partial charge on any atom is 0.251 e. The summed E-state index contributed by atoms with van der Waals surface area (Å²) in [4.78, 5) is 11.9. The van der Waals surface area contributed by atoms with Gasteiger partial charge in [-0.25, -0.2) is 4.39 Å². The Morgan fingerprint density at radius 2 is 2.16 bits per heavy atom. The molecule has 0 bridgehead atoms. The van der Waals surface area contributed by atoms with Crippen LogP contribution in [0.1, 0.15) is 37.0 Å². The molecule has 0 radical (unpaired) electrons. The molecule has 0 fully saturated rings. The third-order valence-electron chi connectivity index (χ3n) is 2.92. The Hall–Kier alpha value is -0.940. The third kappa shape index (κ3) is 5.28. The van der Waals surface area contributed by atoms with Gasteiger partial charge in [0.25, 0.3) is 5.91 Å². The summed E-state index contributed by atoms with van der Waals surface area (Å²) >= 11 is 3.06. The summed E-state index contributed by atoms with van der Waals surface area (Å²) in [5.41, 5.74) is 0.349. The van der Waals surface area contributed by atoms with Crippen LogP contribution in [0.15, 0.2) is 22.7 Å². The van der Waals surface area contributed by atoms with Crippen LogP contribution in [0, 0.1) is 11.2 Å². The summed E-state index contributed by atoms with van der Waals surface area (Å²) in [6, 6.07) is 4.18. The van der Waals surface area contributed by atoms with E-state index in [1.54, 1.807) is 0 Å². The topological polar surface area (TPSA) is 49.3 Å². The predicted molar refractivity (Wildman–Crippen MR) is 76.5 cm³/mol. The summed E-state index contributed by atoms with van der Waals surface area (Å²) in [5.74, 6) is -0.613. The van der Waals surface area contributed by atoms with E-state index in [0.717, 1.165) is 6.42 Å². The smallest absolute Gasteiger partial charge is 0.251 e. The number of carbonyl (C=O) groups excluding carboxylic acids is 1. The molecule has 0 saturated heterocycles. The van der Waals surface area contributed by atoms with E-state index in [2.05, 4.69) is 21.2 Å². The Labute approximate surface area is 121 Å². The molecular weight excluding hydrogens is 313 g/mol. The molecular formula is C14H19BrFNO2. The Kier molecular flexibility index (Phi) is 5.94. The van der Waals surface area contributed by atoms with Crippen LogP contribution >= 0.6 is 15.9 Å². The minimum atomic E-state index is -0.389. The van der Waals surface area contributed by atoms with Gasteiger partial charge in [0, 0.05) is 18.7 Å². The van der Waals surface area contributed by atoms with E-state index in [1.165, 1.54) is 18.2 Å². The van der Waals surface area contributed by atoms with Gasteiger partial charge in [-0.15, -0.1) is 0 Å². The minimum absolute atomic E-state index is 0.0738. The largest absolute Gasteiger partial charge is 0.396 e. The number of halogens is 2. The molecule has 1 amide bonds. The van der Waals surface area contributed by atoms with Crippen molar-refractivity contribution in [3.05, 3.63) is 34.1 Å². The SMILES string of the molecule is CC(C)(CCCO)CNC(=O)c1ccc(F)c(Br)c1. The lowest BCUT2D eigenvalue weighted by Gasteiger charge is -2.24. The second-order valence-corrected chi connectivity index (χ2v) is 6.16. The van der Waals surface area contributed by atoms with Gasteiger partial charge in [0.2, 0.25) is 0 Å². The van der Waals surface area contributed by atoms with E-state index in [4.69, 9.17) is 5.11 Å². The average Bonchev–Trinajstić information content (AvgIpc) is 2.37. The summed E-state index contributed by atoms with van der Waals surface area (Å²) in [6.45, 7) is 4.73. The number of amides is 1. The molecule has 19 heavy (non-hydrogen) atoms. The summed E-state index contributed by atoms with van der Waals surface area (Å²) < 4.78 is 13.4. The van der Waals surface area contributed by atoms with Crippen molar-refractivity contribution >= 4 is 21.8 Å². The molecule has 0 heterocycles. The molecule has 106 valence electrons. The number of nitrogens with one attached hydrogen (secondary N) is 1. The number of hydrogen-bond acceptors (Lipinski definition) is 2. The molecule has 0 atom stereocenters. The molecule has 0 aliphatic rings. The van der Waals surface area contributed by atoms with E-state index in [0.29, 0.717) is 18.5 Å². The van der Waals surface area contributed by atoms with Gasteiger partial charge in [0.15, 0.2) is 0 Å². The van der Waals surface area contributed by atoms with E-state index >= 15 is 0 Å². The molecule has 1 aromatic rings. The highest BCUT2D eigenvalue weighted by molar-refractivity contribution is 9.10. The number of carbonyl (C=O) groups is 1. The Morgan fingerprint density at radius 1 is 1.47 bits per heavy atom. The van der Waals surface area contributed by atoms with Crippen molar-refractivity contribution in [2.24, 2.45) is 5.41 Å². The van der Waals surface area contributed by atoms with Crippen molar-refractivity contribution in [1.29, 1.82) is 0 Å². The molecule has 1 rings (SSSR count). The van der Waals surface area contributed by atoms with Gasteiger partial charge >= 0.3 is 0 Å². The van der Waals surface area contributed by atoms with Crippen LogP contribution in [-0.2, 0) is 0 Å². The van der Waals surface area contributed by atoms with Gasteiger partial charge < -0.3 is 10.4 Å². The number of benzene rings is 1. The van der Waals surface area contributed by atoms with Crippen LogP contribution in [0.2, 0.25) is 0 Å². The normalized spacial score (nSPS) is 11.4. The molecule has 0 aliphatic heterocycles. The number of aliphatic hydroxyl groups excluding tert-OH is 1. The van der Waals surface area contributed by atoms with Gasteiger partial charge in [-0.05, 0) is 52.4 Å². The zero-order valence-electron chi connectivity index (χ0n) is 11.2. The van der Waals surface area contributed by atoms with Crippen molar-refractivity contribution in [3.8, 4) is 0 Å². The summed E-state index contributed by atoms with van der Waals surface area (Å²) in [6.07, 6.45) is 1.54. The molecule has 1 aromatic carbocycles. The highest BCUT2D eigenvalue weighted by atomic mass is 79.9. The van der Waals surface area contributed by atoms with Gasteiger partial charge in [0.1, 0.15) is 5.82 Å². The van der Waals surface area contributed by atoms with Crippen LogP contribution in [0.5, 0.6) is 0 Å². The van der Waals surface area contributed by atoms with Crippen LogP contribution in [-0.4, -0.2) is 24.2 Å². The van der Waals surface area contributed by atoms with Crippen molar-refractivity contribution in [2.45, 2.75) is 26.7 Å². The average molecular weight is 332 g/mol. The number of hydrogen-bond donors (Lipinski definition) is 2. The second-order valence-electron chi connectivity index (χ2n) is 5.30. The van der Waals surface area contributed by atoms with Crippen molar-refractivity contribution < 1.29 is 14.3 Å². The number of aliphatic hydroxyl groups is 1. The fourth-order valence-corrected chi connectivity index (χ4v) is 2.08. The first-order valence-electron chi connectivity index (χ1n) is 6.20. The molecule has 3 nitrogen and oxygen atoms in total. The first-order valence-corrected chi connectivity index (χ1v) is 6.99. The molecule has 0 unspecified atom stereocenters. The highest BCUT2D eigenvalue weighted by Gasteiger charge is 2.19. The molecule has 2 N–H and O–H groups in total. The van der Waals surface area contributed by atoms with E-state index in [-0.39, 0.29) is 28.2 Å². The summed E-state index contributed by atoms with van der Waals surface area (Å²) in [7, 11) is 0. The first kappa shape index (κ1) is 16.1. The Bertz CT molecular complexity index is 449. The van der Waals surface area contributed by atoms with E-state index < -0.39 is 0 Å². The lowest BCUT2D eigenvalue weighted by molar-refractivity contribution is 0.0933. The fourth-order valence-electron chi connectivity index (χ4n) is 1.70. The van der Waals surface area contributed by atoms with Crippen molar-refractivity contribution in [2.75, 3.05) is 13.2 Å². The minimum Gasteiger partial charge on any atom is -0.396 e. The van der Waals surface area contributed by atoms with Gasteiger partial charge in [-0.1, -0.05) is 13.8 Å². The van der Waals surface area contributed by atoms with Crippen LogP contribution in [0.25, 0.3) is 0 Å². The lowest BCUT2D eigenvalue weighted by atomic mass is 9.88. The molecule has 0 saturated carbocycles. The quantitative estimate of drug-likeness (QED) is 0.841.